The molecule has 3 rings (SSSR count). The Morgan fingerprint density at radius 1 is 1.21 bits per heavy atom. The summed E-state index contributed by atoms with van der Waals surface area (Å²) in [4.78, 5) is 6.52. The highest BCUT2D eigenvalue weighted by atomic mass is 16.5. The number of rotatable bonds is 3. The Bertz CT molecular complexity index is 404. The number of hydrogen-bond donors (Lipinski definition) is 1. The van der Waals surface area contributed by atoms with Crippen molar-refractivity contribution in [2.45, 2.75) is 38.2 Å². The molecular formula is C13H21N3O3. The third-order valence-corrected chi connectivity index (χ3v) is 4.06. The lowest BCUT2D eigenvalue weighted by Gasteiger charge is -2.26. The fourth-order valence-corrected chi connectivity index (χ4v) is 2.87. The third kappa shape index (κ3) is 3.06. The second kappa shape index (κ2) is 5.88. The molecule has 1 aromatic rings. The summed E-state index contributed by atoms with van der Waals surface area (Å²) in [6, 6.07) is 0. The second-order valence-corrected chi connectivity index (χ2v) is 5.40. The molecule has 106 valence electrons. The van der Waals surface area contributed by atoms with Gasteiger partial charge in [0.25, 0.3) is 5.95 Å². The molecule has 1 aromatic heterocycles. The summed E-state index contributed by atoms with van der Waals surface area (Å²) >= 11 is 0. The maximum atomic E-state index is 9.97. The standard InChI is InChI=1S/C13H21N3O3/c17-11-4-2-1-3-10(11)9-12-14-13(15-19-12)16-5-7-18-8-6-16/h10-11,17H,1-9H2. The molecule has 6 heteroatoms. The summed E-state index contributed by atoms with van der Waals surface area (Å²) in [6.45, 7) is 3.05. The molecule has 2 heterocycles. The van der Waals surface area contributed by atoms with Crippen LogP contribution in [-0.2, 0) is 11.2 Å². The van der Waals surface area contributed by atoms with Crippen LogP contribution in [0.1, 0.15) is 31.6 Å². The SMILES string of the molecule is OC1CCCCC1Cc1nc(N2CCOCC2)no1. The molecule has 2 aliphatic rings. The first-order chi connectivity index (χ1) is 9.33. The van der Waals surface area contributed by atoms with Crippen LogP contribution in [-0.4, -0.2) is 47.7 Å². The highest BCUT2D eigenvalue weighted by Crippen LogP contribution is 2.27. The maximum Gasteiger partial charge on any atom is 0.266 e. The van der Waals surface area contributed by atoms with E-state index in [9.17, 15) is 5.11 Å². The van der Waals surface area contributed by atoms with Crippen LogP contribution in [0.3, 0.4) is 0 Å². The van der Waals surface area contributed by atoms with Crippen molar-refractivity contribution >= 4 is 5.95 Å². The monoisotopic (exact) mass is 267 g/mol. The van der Waals surface area contributed by atoms with Gasteiger partial charge in [-0.1, -0.05) is 12.8 Å². The minimum Gasteiger partial charge on any atom is -0.393 e. The van der Waals surface area contributed by atoms with Crippen LogP contribution in [0, 0.1) is 5.92 Å². The van der Waals surface area contributed by atoms with Gasteiger partial charge in [0.2, 0.25) is 5.89 Å². The fourth-order valence-electron chi connectivity index (χ4n) is 2.87. The summed E-state index contributed by atoms with van der Waals surface area (Å²) in [5, 5.41) is 14.0. The lowest BCUT2D eigenvalue weighted by atomic mass is 9.84. The van der Waals surface area contributed by atoms with E-state index in [-0.39, 0.29) is 12.0 Å². The number of morpholine rings is 1. The van der Waals surface area contributed by atoms with E-state index in [2.05, 4.69) is 15.0 Å². The Balaban J connectivity index is 1.60. The first-order valence-electron chi connectivity index (χ1n) is 7.16. The molecule has 0 bridgehead atoms. The van der Waals surface area contributed by atoms with Gasteiger partial charge >= 0.3 is 0 Å². The predicted octanol–water partition coefficient (Wildman–Crippen LogP) is 1.000. The van der Waals surface area contributed by atoms with Crippen molar-refractivity contribution in [3.8, 4) is 0 Å². The molecule has 1 saturated carbocycles. The minimum atomic E-state index is -0.215. The van der Waals surface area contributed by atoms with E-state index in [4.69, 9.17) is 9.26 Å². The molecule has 19 heavy (non-hydrogen) atoms. The van der Waals surface area contributed by atoms with E-state index in [1.54, 1.807) is 0 Å². The van der Waals surface area contributed by atoms with Gasteiger partial charge in [-0.2, -0.15) is 4.98 Å². The van der Waals surface area contributed by atoms with Crippen LogP contribution >= 0.6 is 0 Å². The number of hydrogen-bond acceptors (Lipinski definition) is 6. The zero-order valence-electron chi connectivity index (χ0n) is 11.1. The number of aliphatic hydroxyl groups excluding tert-OH is 1. The molecule has 2 fully saturated rings. The molecule has 2 unspecified atom stereocenters. The Morgan fingerprint density at radius 3 is 2.79 bits per heavy atom. The maximum absolute atomic E-state index is 9.97. The molecule has 1 aliphatic carbocycles. The molecule has 0 spiro atoms. The average molecular weight is 267 g/mol. The summed E-state index contributed by atoms with van der Waals surface area (Å²) in [7, 11) is 0. The van der Waals surface area contributed by atoms with Crippen molar-refractivity contribution in [1.29, 1.82) is 0 Å². The van der Waals surface area contributed by atoms with Crippen molar-refractivity contribution in [2.24, 2.45) is 5.92 Å². The topological polar surface area (TPSA) is 71.6 Å². The quantitative estimate of drug-likeness (QED) is 0.881. The van der Waals surface area contributed by atoms with E-state index >= 15 is 0 Å². The van der Waals surface area contributed by atoms with Crippen LogP contribution in [0.15, 0.2) is 4.52 Å². The third-order valence-electron chi connectivity index (χ3n) is 4.06. The number of anilines is 1. The van der Waals surface area contributed by atoms with Gasteiger partial charge in [-0.05, 0) is 23.9 Å². The zero-order valence-corrected chi connectivity index (χ0v) is 11.1. The molecule has 2 atom stereocenters. The number of aromatic nitrogens is 2. The van der Waals surface area contributed by atoms with Gasteiger partial charge in [0, 0.05) is 19.5 Å². The van der Waals surface area contributed by atoms with E-state index in [1.807, 2.05) is 0 Å². The molecular weight excluding hydrogens is 246 g/mol. The Kier molecular flexibility index (Phi) is 3.98. The minimum absolute atomic E-state index is 0.215. The van der Waals surface area contributed by atoms with Gasteiger partial charge in [-0.25, -0.2) is 0 Å². The van der Waals surface area contributed by atoms with Crippen molar-refractivity contribution in [3.05, 3.63) is 5.89 Å². The largest absolute Gasteiger partial charge is 0.393 e. The highest BCUT2D eigenvalue weighted by Gasteiger charge is 2.26. The van der Waals surface area contributed by atoms with Crippen LogP contribution in [0.2, 0.25) is 0 Å². The van der Waals surface area contributed by atoms with Crippen LogP contribution in [0.4, 0.5) is 5.95 Å². The second-order valence-electron chi connectivity index (χ2n) is 5.40. The van der Waals surface area contributed by atoms with Crippen molar-refractivity contribution in [2.75, 3.05) is 31.2 Å². The van der Waals surface area contributed by atoms with Gasteiger partial charge in [0.1, 0.15) is 0 Å². The Hall–Kier alpha value is -1.14. The smallest absolute Gasteiger partial charge is 0.266 e. The van der Waals surface area contributed by atoms with Crippen LogP contribution < -0.4 is 4.90 Å². The van der Waals surface area contributed by atoms with E-state index in [0.717, 1.165) is 32.4 Å². The van der Waals surface area contributed by atoms with Gasteiger partial charge in [0.15, 0.2) is 0 Å². The molecule has 1 aliphatic heterocycles. The van der Waals surface area contributed by atoms with E-state index < -0.39 is 0 Å². The predicted molar refractivity (Wildman–Crippen MR) is 69.0 cm³/mol. The van der Waals surface area contributed by atoms with E-state index in [0.29, 0.717) is 31.5 Å². The van der Waals surface area contributed by atoms with Crippen molar-refractivity contribution in [3.63, 3.8) is 0 Å². The molecule has 0 radical (unpaired) electrons. The number of aliphatic hydroxyl groups is 1. The lowest BCUT2D eigenvalue weighted by molar-refractivity contribution is 0.0657. The number of ether oxygens (including phenoxy) is 1. The van der Waals surface area contributed by atoms with E-state index in [1.165, 1.54) is 6.42 Å². The first kappa shape index (κ1) is 12.9. The molecule has 1 N–H and O–H groups in total. The van der Waals surface area contributed by atoms with Gasteiger partial charge < -0.3 is 19.3 Å². The number of nitrogens with zero attached hydrogens (tertiary/aromatic N) is 3. The summed E-state index contributed by atoms with van der Waals surface area (Å²) in [5.74, 6) is 1.57. The van der Waals surface area contributed by atoms with Gasteiger partial charge in [0.05, 0.1) is 19.3 Å². The molecule has 0 aromatic carbocycles. The summed E-state index contributed by atoms with van der Waals surface area (Å²) < 4.78 is 10.6. The molecule has 6 nitrogen and oxygen atoms in total. The molecule has 0 amide bonds. The zero-order chi connectivity index (χ0) is 13.1. The van der Waals surface area contributed by atoms with Crippen molar-refractivity contribution in [1.82, 2.24) is 10.1 Å². The summed E-state index contributed by atoms with van der Waals surface area (Å²) in [5.41, 5.74) is 0. The first-order valence-corrected chi connectivity index (χ1v) is 7.16. The lowest BCUT2D eigenvalue weighted by Crippen LogP contribution is -2.36. The molecule has 1 saturated heterocycles. The normalized spacial score (nSPS) is 28.6. The average Bonchev–Trinajstić information content (AvgIpc) is 2.91. The van der Waals surface area contributed by atoms with Gasteiger partial charge in [-0.15, -0.1) is 0 Å². The Labute approximate surface area is 112 Å². The van der Waals surface area contributed by atoms with Gasteiger partial charge in [-0.3, -0.25) is 0 Å². The van der Waals surface area contributed by atoms with Crippen LogP contribution in [0.5, 0.6) is 0 Å². The summed E-state index contributed by atoms with van der Waals surface area (Å²) in [6.07, 6.45) is 4.74. The van der Waals surface area contributed by atoms with Crippen molar-refractivity contribution < 1.29 is 14.4 Å². The fraction of sp³-hybridized carbons (Fsp3) is 0.846. The highest BCUT2D eigenvalue weighted by molar-refractivity contribution is 5.28. The Morgan fingerprint density at radius 2 is 2.00 bits per heavy atom. The van der Waals surface area contributed by atoms with Crippen LogP contribution in [0.25, 0.3) is 0 Å².